The minimum atomic E-state index is -1.33. The number of ether oxygens (including phenoxy) is 1. The van der Waals surface area contributed by atoms with Crippen LogP contribution >= 0.6 is 11.6 Å². The summed E-state index contributed by atoms with van der Waals surface area (Å²) in [6, 6.07) is 15.6. The van der Waals surface area contributed by atoms with Gasteiger partial charge in [0, 0.05) is 34.3 Å². The van der Waals surface area contributed by atoms with Gasteiger partial charge in [-0.05, 0) is 54.6 Å². The van der Waals surface area contributed by atoms with Crippen LogP contribution in [-0.4, -0.2) is 29.9 Å². The lowest BCUT2D eigenvalue weighted by Crippen LogP contribution is -2.32. The lowest BCUT2D eigenvalue weighted by molar-refractivity contribution is -0.123. The summed E-state index contributed by atoms with van der Waals surface area (Å²) in [5, 5.41) is 12.9. The van der Waals surface area contributed by atoms with Gasteiger partial charge in [0.05, 0.1) is 6.10 Å². The van der Waals surface area contributed by atoms with Gasteiger partial charge in [-0.15, -0.1) is 0 Å². The summed E-state index contributed by atoms with van der Waals surface area (Å²) >= 11 is 5.82. The minimum absolute atomic E-state index is 0.122. The molecule has 0 aliphatic heterocycles. The van der Waals surface area contributed by atoms with Crippen molar-refractivity contribution in [3.05, 3.63) is 100 Å². The van der Waals surface area contributed by atoms with Gasteiger partial charge < -0.3 is 15.2 Å². The zero-order chi connectivity index (χ0) is 22.4. The van der Waals surface area contributed by atoms with Gasteiger partial charge in [-0.2, -0.15) is 0 Å². The van der Waals surface area contributed by atoms with Gasteiger partial charge in [0.25, 0.3) is 5.91 Å². The number of halogens is 3. The van der Waals surface area contributed by atoms with E-state index in [-0.39, 0.29) is 24.5 Å². The lowest BCUT2D eigenvalue weighted by Gasteiger charge is -2.13. The maximum atomic E-state index is 13.6. The van der Waals surface area contributed by atoms with E-state index in [1.54, 1.807) is 48.5 Å². The first kappa shape index (κ1) is 22.4. The van der Waals surface area contributed by atoms with Gasteiger partial charge in [0.1, 0.15) is 17.4 Å². The molecule has 1 amide bonds. The van der Waals surface area contributed by atoms with Crippen LogP contribution in [0.3, 0.4) is 0 Å². The molecule has 1 atom stereocenters. The maximum absolute atomic E-state index is 13.6. The second-order valence-corrected chi connectivity index (χ2v) is 7.07. The fraction of sp³-hybridized carbons (Fsp3) is 0.130. The maximum Gasteiger partial charge on any atom is 0.258 e. The van der Waals surface area contributed by atoms with Crippen molar-refractivity contribution in [1.29, 1.82) is 0 Å². The second-order valence-electron chi connectivity index (χ2n) is 6.63. The van der Waals surface area contributed by atoms with E-state index < -0.39 is 23.6 Å². The summed E-state index contributed by atoms with van der Waals surface area (Å²) in [6.07, 6.45) is -1.33. The molecule has 3 aromatic rings. The predicted octanol–water partition coefficient (Wildman–Crippen LogP) is 4.08. The van der Waals surface area contributed by atoms with Crippen molar-refractivity contribution in [2.45, 2.75) is 6.10 Å². The second kappa shape index (κ2) is 10.1. The molecule has 0 bridgehead atoms. The summed E-state index contributed by atoms with van der Waals surface area (Å²) < 4.78 is 31.9. The van der Waals surface area contributed by atoms with E-state index in [4.69, 9.17) is 16.3 Å². The molecular formula is C23H18ClF2NO4. The number of hydrogen-bond acceptors (Lipinski definition) is 4. The van der Waals surface area contributed by atoms with Crippen LogP contribution in [0.4, 0.5) is 8.78 Å². The van der Waals surface area contributed by atoms with E-state index >= 15 is 0 Å². The Hall–Kier alpha value is -3.29. The standard InChI is InChI=1S/C23H18ClF2NO4/c24-16-5-1-14(2-6-16)23(30)15-3-8-18(9-4-15)31-13-22(29)27-12-21(28)19-10-7-17(25)11-20(19)26/h1-11,21,28H,12-13H2,(H,27,29). The summed E-state index contributed by atoms with van der Waals surface area (Å²) in [6.45, 7) is -0.609. The van der Waals surface area contributed by atoms with Crippen molar-refractivity contribution >= 4 is 23.3 Å². The largest absolute Gasteiger partial charge is 0.484 e. The first-order chi connectivity index (χ1) is 14.8. The van der Waals surface area contributed by atoms with Crippen molar-refractivity contribution < 1.29 is 28.2 Å². The van der Waals surface area contributed by atoms with Crippen molar-refractivity contribution in [1.82, 2.24) is 5.32 Å². The molecular weight excluding hydrogens is 428 g/mol. The first-order valence-electron chi connectivity index (χ1n) is 9.26. The highest BCUT2D eigenvalue weighted by molar-refractivity contribution is 6.30. The van der Waals surface area contributed by atoms with Crippen molar-refractivity contribution in [3.8, 4) is 5.75 Å². The minimum Gasteiger partial charge on any atom is -0.484 e. The molecule has 0 fully saturated rings. The number of benzene rings is 3. The number of carbonyl (C=O) groups is 2. The Morgan fingerprint density at radius 3 is 2.19 bits per heavy atom. The van der Waals surface area contributed by atoms with Crippen LogP contribution in [0.1, 0.15) is 27.6 Å². The van der Waals surface area contributed by atoms with Crippen molar-refractivity contribution in [3.63, 3.8) is 0 Å². The number of carbonyl (C=O) groups excluding carboxylic acids is 2. The molecule has 2 N–H and O–H groups in total. The van der Waals surface area contributed by atoms with Crippen molar-refractivity contribution in [2.24, 2.45) is 0 Å². The van der Waals surface area contributed by atoms with E-state index in [1.807, 2.05) is 0 Å². The molecule has 0 radical (unpaired) electrons. The smallest absolute Gasteiger partial charge is 0.258 e. The van der Waals surface area contributed by atoms with E-state index in [2.05, 4.69) is 5.32 Å². The van der Waals surface area contributed by atoms with E-state index in [0.717, 1.165) is 12.1 Å². The quantitative estimate of drug-likeness (QED) is 0.512. The molecule has 3 rings (SSSR count). The van der Waals surface area contributed by atoms with Crippen LogP contribution in [-0.2, 0) is 4.79 Å². The fourth-order valence-electron chi connectivity index (χ4n) is 2.76. The van der Waals surface area contributed by atoms with Crippen LogP contribution in [0.15, 0.2) is 66.7 Å². The van der Waals surface area contributed by atoms with Gasteiger partial charge in [-0.3, -0.25) is 9.59 Å². The molecule has 0 spiro atoms. The van der Waals surface area contributed by atoms with Crippen molar-refractivity contribution in [2.75, 3.05) is 13.2 Å². The lowest BCUT2D eigenvalue weighted by atomic mass is 10.0. The Balaban J connectivity index is 1.49. The zero-order valence-electron chi connectivity index (χ0n) is 16.1. The van der Waals surface area contributed by atoms with Gasteiger partial charge in [0.15, 0.2) is 12.4 Å². The van der Waals surface area contributed by atoms with Crippen LogP contribution in [0.25, 0.3) is 0 Å². The summed E-state index contributed by atoms with van der Waals surface area (Å²) in [4.78, 5) is 24.3. The summed E-state index contributed by atoms with van der Waals surface area (Å²) in [5.74, 6) is -2.00. The highest BCUT2D eigenvalue weighted by Crippen LogP contribution is 2.18. The zero-order valence-corrected chi connectivity index (χ0v) is 16.9. The predicted molar refractivity (Wildman–Crippen MR) is 111 cm³/mol. The fourth-order valence-corrected chi connectivity index (χ4v) is 2.89. The third-order valence-corrected chi connectivity index (χ3v) is 4.66. The Bertz CT molecular complexity index is 1070. The third-order valence-electron chi connectivity index (χ3n) is 4.41. The Morgan fingerprint density at radius 1 is 0.968 bits per heavy atom. The molecule has 8 heteroatoms. The molecule has 0 heterocycles. The highest BCUT2D eigenvalue weighted by atomic mass is 35.5. The molecule has 31 heavy (non-hydrogen) atoms. The molecule has 160 valence electrons. The van der Waals surface area contributed by atoms with Gasteiger partial charge in [-0.25, -0.2) is 8.78 Å². The van der Waals surface area contributed by atoms with Gasteiger partial charge in [0.2, 0.25) is 0 Å². The number of nitrogens with one attached hydrogen (secondary N) is 1. The van der Waals surface area contributed by atoms with Gasteiger partial charge in [-0.1, -0.05) is 17.7 Å². The van der Waals surface area contributed by atoms with Gasteiger partial charge >= 0.3 is 0 Å². The number of amides is 1. The Kier molecular flexibility index (Phi) is 7.33. The molecule has 3 aromatic carbocycles. The van der Waals surface area contributed by atoms with Crippen LogP contribution < -0.4 is 10.1 Å². The average Bonchev–Trinajstić information content (AvgIpc) is 2.76. The number of hydrogen-bond donors (Lipinski definition) is 2. The van der Waals surface area contributed by atoms with E-state index in [1.165, 1.54) is 0 Å². The van der Waals surface area contributed by atoms with E-state index in [0.29, 0.717) is 28.0 Å². The summed E-state index contributed by atoms with van der Waals surface area (Å²) in [5.41, 5.74) is 0.820. The monoisotopic (exact) mass is 445 g/mol. The number of aliphatic hydroxyl groups is 1. The highest BCUT2D eigenvalue weighted by Gasteiger charge is 2.15. The first-order valence-corrected chi connectivity index (χ1v) is 9.64. The normalized spacial score (nSPS) is 11.6. The molecule has 0 saturated carbocycles. The van der Waals surface area contributed by atoms with Crippen LogP contribution in [0, 0.1) is 11.6 Å². The van der Waals surface area contributed by atoms with E-state index in [9.17, 15) is 23.5 Å². The van der Waals surface area contributed by atoms with Crippen LogP contribution in [0.5, 0.6) is 5.75 Å². The molecule has 0 aromatic heterocycles. The average molecular weight is 446 g/mol. The molecule has 0 saturated heterocycles. The van der Waals surface area contributed by atoms with Crippen LogP contribution in [0.2, 0.25) is 5.02 Å². The number of rotatable bonds is 8. The molecule has 0 aliphatic rings. The molecule has 0 aliphatic carbocycles. The summed E-state index contributed by atoms with van der Waals surface area (Å²) in [7, 11) is 0. The Labute approximate surface area is 182 Å². The topological polar surface area (TPSA) is 75.6 Å². The SMILES string of the molecule is O=C(COc1ccc(C(=O)c2ccc(Cl)cc2)cc1)NCC(O)c1ccc(F)cc1F. The third kappa shape index (κ3) is 6.10. The Morgan fingerprint density at radius 2 is 1.58 bits per heavy atom. The molecule has 1 unspecified atom stereocenters. The molecule has 5 nitrogen and oxygen atoms in total. The number of aliphatic hydroxyl groups excluding tert-OH is 1. The number of ketones is 1.